The third-order valence-electron chi connectivity index (χ3n) is 5.32. The first-order valence-corrected chi connectivity index (χ1v) is 9.58. The summed E-state index contributed by atoms with van der Waals surface area (Å²) in [6, 6.07) is 8.55. The Morgan fingerprint density at radius 1 is 0.821 bits per heavy atom. The molecule has 0 amide bonds. The van der Waals surface area contributed by atoms with Crippen molar-refractivity contribution in [2.24, 2.45) is 10.2 Å². The number of nitrogens with one attached hydrogen (secondary N) is 1. The van der Waals surface area contributed by atoms with Gasteiger partial charge in [0.05, 0.1) is 22.8 Å². The maximum absolute atomic E-state index is 4.76. The van der Waals surface area contributed by atoms with Gasteiger partial charge in [0.15, 0.2) is 0 Å². The molecule has 0 unspecified atom stereocenters. The Bertz CT molecular complexity index is 1070. The Hall–Kier alpha value is -2.95. The highest BCUT2D eigenvalue weighted by Crippen LogP contribution is 2.32. The van der Waals surface area contributed by atoms with Crippen LogP contribution < -0.4 is 5.32 Å². The number of anilines is 1. The van der Waals surface area contributed by atoms with Crippen LogP contribution in [-0.2, 0) is 0 Å². The van der Waals surface area contributed by atoms with E-state index >= 15 is 0 Å². The van der Waals surface area contributed by atoms with Crippen LogP contribution in [0.5, 0.6) is 0 Å². The summed E-state index contributed by atoms with van der Waals surface area (Å²) in [5.74, 6) is 0. The van der Waals surface area contributed by atoms with Crippen molar-refractivity contribution < 1.29 is 0 Å². The highest BCUT2D eigenvalue weighted by Gasteiger charge is 2.16. The number of azo groups is 1. The monoisotopic (exact) mass is 375 g/mol. The predicted molar refractivity (Wildman–Crippen MR) is 117 cm³/mol. The van der Waals surface area contributed by atoms with Crippen molar-refractivity contribution in [3.05, 3.63) is 63.5 Å². The molecular formula is C23H29N5. The van der Waals surface area contributed by atoms with E-state index in [1.165, 1.54) is 16.7 Å². The van der Waals surface area contributed by atoms with Crippen LogP contribution in [0.3, 0.4) is 0 Å². The molecule has 2 aromatic carbocycles. The van der Waals surface area contributed by atoms with Gasteiger partial charge in [0.25, 0.3) is 0 Å². The Labute approximate surface area is 167 Å². The average Bonchev–Trinajstić information content (AvgIpc) is 2.92. The molecule has 5 heteroatoms. The van der Waals surface area contributed by atoms with Gasteiger partial charge in [-0.2, -0.15) is 10.2 Å². The summed E-state index contributed by atoms with van der Waals surface area (Å²) in [5, 5.41) is 17.2. The Balaban J connectivity index is 2.08. The van der Waals surface area contributed by atoms with Gasteiger partial charge in [0.2, 0.25) is 0 Å². The topological polar surface area (TPSA) is 54.6 Å². The molecule has 0 radical (unpaired) electrons. The molecule has 0 atom stereocenters. The molecule has 146 valence electrons. The van der Waals surface area contributed by atoms with E-state index in [0.717, 1.165) is 45.3 Å². The van der Waals surface area contributed by atoms with Crippen molar-refractivity contribution in [3.63, 3.8) is 0 Å². The molecule has 1 heterocycles. The molecule has 0 saturated heterocycles. The van der Waals surface area contributed by atoms with Gasteiger partial charge >= 0.3 is 0 Å². The highest BCUT2D eigenvalue weighted by molar-refractivity contribution is 5.63. The van der Waals surface area contributed by atoms with E-state index in [2.05, 4.69) is 74.4 Å². The van der Waals surface area contributed by atoms with Crippen LogP contribution >= 0.6 is 0 Å². The van der Waals surface area contributed by atoms with Crippen molar-refractivity contribution in [3.8, 4) is 5.69 Å². The fraction of sp³-hybridized carbons (Fsp3) is 0.348. The lowest BCUT2D eigenvalue weighted by molar-refractivity contribution is 0.826. The summed E-state index contributed by atoms with van der Waals surface area (Å²) in [4.78, 5) is 0. The minimum Gasteiger partial charge on any atom is -0.388 e. The van der Waals surface area contributed by atoms with Gasteiger partial charge in [-0.3, -0.25) is 0 Å². The first-order chi connectivity index (χ1) is 13.2. The van der Waals surface area contributed by atoms with E-state index in [1.54, 1.807) is 0 Å². The van der Waals surface area contributed by atoms with Crippen molar-refractivity contribution in [2.45, 2.75) is 48.5 Å². The zero-order valence-corrected chi connectivity index (χ0v) is 18.1. The zero-order valence-electron chi connectivity index (χ0n) is 18.1. The molecule has 0 aliphatic carbocycles. The zero-order chi connectivity index (χ0) is 20.6. The number of aryl methyl sites for hydroxylation is 4. The van der Waals surface area contributed by atoms with E-state index < -0.39 is 0 Å². The van der Waals surface area contributed by atoms with Crippen LogP contribution in [-0.4, -0.2) is 16.8 Å². The fourth-order valence-corrected chi connectivity index (χ4v) is 3.56. The maximum Gasteiger partial charge on any atom is 0.130 e. The predicted octanol–water partition coefficient (Wildman–Crippen LogP) is 6.49. The van der Waals surface area contributed by atoms with Crippen LogP contribution in [0.2, 0.25) is 0 Å². The molecule has 3 rings (SSSR count). The van der Waals surface area contributed by atoms with Crippen LogP contribution in [0, 0.1) is 48.5 Å². The first kappa shape index (κ1) is 19.8. The van der Waals surface area contributed by atoms with Gasteiger partial charge in [-0.25, -0.2) is 4.68 Å². The summed E-state index contributed by atoms with van der Waals surface area (Å²) in [6.45, 7) is 14.5. The average molecular weight is 376 g/mol. The van der Waals surface area contributed by atoms with E-state index in [9.17, 15) is 0 Å². The quantitative estimate of drug-likeness (QED) is 0.530. The highest BCUT2D eigenvalue weighted by atomic mass is 15.3. The van der Waals surface area contributed by atoms with Crippen molar-refractivity contribution >= 4 is 17.1 Å². The molecule has 0 spiro atoms. The molecule has 3 aromatic rings. The van der Waals surface area contributed by atoms with Gasteiger partial charge in [-0.1, -0.05) is 6.07 Å². The second-order valence-electron chi connectivity index (χ2n) is 7.56. The van der Waals surface area contributed by atoms with Gasteiger partial charge in [0.1, 0.15) is 5.69 Å². The maximum atomic E-state index is 4.76. The van der Waals surface area contributed by atoms with Crippen molar-refractivity contribution in [1.82, 2.24) is 9.78 Å². The molecule has 28 heavy (non-hydrogen) atoms. The largest absolute Gasteiger partial charge is 0.388 e. The standard InChI is InChI=1S/C23H29N5/c1-13-9-15(3)16(4)21(11-13)25-26-23-18(6)27-28(19(23)7)22-12-14(2)10-20(24-8)17(22)5/h9-12,24H,1-8H3. The normalized spacial score (nSPS) is 11.4. The number of nitrogens with zero attached hydrogens (tertiary/aromatic N) is 4. The fourth-order valence-electron chi connectivity index (χ4n) is 3.56. The second kappa shape index (κ2) is 7.58. The molecule has 0 saturated carbocycles. The summed E-state index contributed by atoms with van der Waals surface area (Å²) in [6.07, 6.45) is 0. The third-order valence-corrected chi connectivity index (χ3v) is 5.32. The van der Waals surface area contributed by atoms with E-state index in [0.29, 0.717) is 0 Å². The Morgan fingerprint density at radius 3 is 2.18 bits per heavy atom. The number of hydrogen-bond donors (Lipinski definition) is 1. The molecule has 5 nitrogen and oxygen atoms in total. The molecule has 1 aromatic heterocycles. The number of aromatic nitrogens is 2. The minimum absolute atomic E-state index is 0.825. The number of hydrogen-bond acceptors (Lipinski definition) is 4. The SMILES string of the molecule is CNc1cc(C)cc(-n2nc(C)c(N=Nc3cc(C)cc(C)c3C)c2C)c1C. The lowest BCUT2D eigenvalue weighted by Crippen LogP contribution is -2.04. The Morgan fingerprint density at radius 2 is 1.50 bits per heavy atom. The van der Waals surface area contributed by atoms with Gasteiger partial charge in [0, 0.05) is 12.7 Å². The molecule has 0 aliphatic rings. The smallest absolute Gasteiger partial charge is 0.130 e. The molecule has 0 aliphatic heterocycles. The van der Waals surface area contributed by atoms with Crippen LogP contribution in [0.1, 0.15) is 39.2 Å². The summed E-state index contributed by atoms with van der Waals surface area (Å²) in [5.41, 5.74) is 11.7. The minimum atomic E-state index is 0.825. The summed E-state index contributed by atoms with van der Waals surface area (Å²) >= 11 is 0. The lowest BCUT2D eigenvalue weighted by Gasteiger charge is -2.14. The van der Waals surface area contributed by atoms with E-state index in [1.807, 2.05) is 25.6 Å². The van der Waals surface area contributed by atoms with Gasteiger partial charge < -0.3 is 5.32 Å². The van der Waals surface area contributed by atoms with Crippen molar-refractivity contribution in [1.29, 1.82) is 0 Å². The Kier molecular flexibility index (Phi) is 5.36. The van der Waals surface area contributed by atoms with Gasteiger partial charge in [-0.15, -0.1) is 5.11 Å². The number of benzene rings is 2. The summed E-state index contributed by atoms with van der Waals surface area (Å²) in [7, 11) is 1.94. The lowest BCUT2D eigenvalue weighted by atomic mass is 10.1. The van der Waals surface area contributed by atoms with Crippen LogP contribution in [0.25, 0.3) is 5.69 Å². The number of rotatable bonds is 4. The molecular weight excluding hydrogens is 346 g/mol. The molecule has 1 N–H and O–H groups in total. The van der Waals surface area contributed by atoms with E-state index in [-0.39, 0.29) is 0 Å². The molecule has 0 bridgehead atoms. The van der Waals surface area contributed by atoms with Crippen LogP contribution in [0.4, 0.5) is 17.1 Å². The van der Waals surface area contributed by atoms with E-state index in [4.69, 9.17) is 5.10 Å². The van der Waals surface area contributed by atoms with Crippen LogP contribution in [0.15, 0.2) is 34.5 Å². The van der Waals surface area contributed by atoms with Gasteiger partial charge in [-0.05, 0) is 94.5 Å². The van der Waals surface area contributed by atoms with Crippen molar-refractivity contribution in [2.75, 3.05) is 12.4 Å². The third kappa shape index (κ3) is 3.57. The molecule has 0 fully saturated rings. The first-order valence-electron chi connectivity index (χ1n) is 9.58. The second-order valence-corrected chi connectivity index (χ2v) is 7.56. The summed E-state index contributed by atoms with van der Waals surface area (Å²) < 4.78 is 1.97.